The van der Waals surface area contributed by atoms with Gasteiger partial charge in [0.2, 0.25) is 0 Å². The molecular weight excluding hydrogens is 272 g/mol. The molecule has 0 nitrogen and oxygen atoms in total. The van der Waals surface area contributed by atoms with E-state index in [1.807, 2.05) is 8.31 Å². The summed E-state index contributed by atoms with van der Waals surface area (Å²) in [5.41, 5.74) is 0. The van der Waals surface area contributed by atoms with Crippen LogP contribution in [-0.2, 0) is 0 Å². The predicted molar refractivity (Wildman–Crippen MR) is 28.5 cm³/mol. The van der Waals surface area contributed by atoms with Gasteiger partial charge < -0.3 is 0 Å². The van der Waals surface area contributed by atoms with Gasteiger partial charge in [0, 0.05) is 0 Å². The van der Waals surface area contributed by atoms with E-state index >= 15 is 0 Å². The Morgan fingerprint density at radius 3 is 1.80 bits per heavy atom. The van der Waals surface area contributed by atoms with Crippen LogP contribution in [0.15, 0.2) is 0 Å². The fourth-order valence-corrected chi connectivity index (χ4v) is 0. The van der Waals surface area contributed by atoms with Crippen LogP contribution in [0, 0.1) is 0 Å². The molecule has 0 amide bonds. The molecule has 0 aromatic rings. The molecule has 0 saturated carbocycles. The number of rotatable bonds is 1. The van der Waals surface area contributed by atoms with Crippen molar-refractivity contribution in [3.8, 4) is 0 Å². The van der Waals surface area contributed by atoms with Gasteiger partial charge in [0.25, 0.3) is 0 Å². The minimum absolute atomic E-state index is 0.875. The Morgan fingerprint density at radius 1 is 1.60 bits per heavy atom. The topological polar surface area (TPSA) is 0 Å². The van der Waals surface area contributed by atoms with Crippen molar-refractivity contribution >= 4 is 32.6 Å². The zero-order valence-corrected chi connectivity index (χ0v) is 8.87. The molecule has 0 aromatic heterocycles. The molecule has 0 atom stereocenters. The van der Waals surface area contributed by atoms with Crippen molar-refractivity contribution in [1.29, 1.82) is 0 Å². The summed E-state index contributed by atoms with van der Waals surface area (Å²) in [5, 5.41) is 0.875. The van der Waals surface area contributed by atoms with Crippen LogP contribution in [-0.4, -0.2) is 29.5 Å². The van der Waals surface area contributed by atoms with Gasteiger partial charge in [-0.25, -0.2) is 0 Å². The zero-order valence-electron chi connectivity index (χ0n) is 3.56. The zero-order chi connectivity index (χ0) is 4.28. The van der Waals surface area contributed by atoms with Crippen LogP contribution in [0.1, 0.15) is 13.8 Å². The molecule has 0 fully saturated rings. The van der Waals surface area contributed by atoms with Crippen molar-refractivity contribution in [3.05, 3.63) is 0 Å². The van der Waals surface area contributed by atoms with Crippen molar-refractivity contribution in [1.82, 2.24) is 0 Å². The Balaban J connectivity index is 2.54. The molecule has 0 aromatic carbocycles. The third-order valence-electron chi connectivity index (χ3n) is 0.272. The molecule has 0 spiro atoms. The van der Waals surface area contributed by atoms with E-state index in [1.165, 1.54) is 0 Å². The van der Waals surface area contributed by atoms with E-state index in [1.54, 1.807) is 0 Å². The number of hydrogen-bond acceptors (Lipinski definition) is 1. The normalized spacial score (nSPS) is 9.20. The van der Waals surface area contributed by atoms with Crippen LogP contribution in [0.2, 0.25) is 0 Å². The maximum atomic E-state index is 2.23. The molecule has 0 saturated heterocycles. The quantitative estimate of drug-likeness (QED) is 0.650. The summed E-state index contributed by atoms with van der Waals surface area (Å²) in [6.45, 7) is 4.45. The Kier molecular flexibility index (Phi) is 4.34. The van der Waals surface area contributed by atoms with Gasteiger partial charge in [-0.2, -0.15) is 0 Å². The molecule has 2 heteroatoms. The SMILES string of the molecule is CC(C)[S][Tl]. The van der Waals surface area contributed by atoms with E-state index in [0.29, 0.717) is 0 Å². The Labute approximate surface area is 51.6 Å². The Morgan fingerprint density at radius 2 is 1.80 bits per heavy atom. The van der Waals surface area contributed by atoms with E-state index in [4.69, 9.17) is 0 Å². The molecular formula is C3H7STl. The second-order valence-corrected chi connectivity index (χ2v) is 5.57. The van der Waals surface area contributed by atoms with Crippen molar-refractivity contribution < 1.29 is 0 Å². The van der Waals surface area contributed by atoms with Gasteiger partial charge in [-0.15, -0.1) is 0 Å². The van der Waals surface area contributed by atoms with E-state index in [-0.39, 0.29) is 0 Å². The summed E-state index contributed by atoms with van der Waals surface area (Å²) in [6.07, 6.45) is 0. The third-order valence-corrected chi connectivity index (χ3v) is 7.16. The van der Waals surface area contributed by atoms with E-state index in [2.05, 4.69) is 13.8 Å². The predicted octanol–water partition coefficient (Wildman–Crippen LogP) is 1.21. The van der Waals surface area contributed by atoms with Crippen LogP contribution in [0.5, 0.6) is 0 Å². The first-order valence-corrected chi connectivity index (χ1v) is 8.07. The van der Waals surface area contributed by atoms with Crippen LogP contribution in [0.25, 0.3) is 0 Å². The van der Waals surface area contributed by atoms with Crippen molar-refractivity contribution in [2.24, 2.45) is 0 Å². The molecule has 0 aliphatic rings. The van der Waals surface area contributed by atoms with E-state index < -0.39 is 0 Å². The van der Waals surface area contributed by atoms with Gasteiger partial charge in [0.15, 0.2) is 0 Å². The van der Waals surface area contributed by atoms with Crippen LogP contribution in [0.4, 0.5) is 0 Å². The van der Waals surface area contributed by atoms with Crippen molar-refractivity contribution in [3.63, 3.8) is 0 Å². The Bertz CT molecular complexity index is 20.9. The summed E-state index contributed by atoms with van der Waals surface area (Å²) < 4.78 is 0. The minimum atomic E-state index is 0.875. The van der Waals surface area contributed by atoms with Crippen LogP contribution in [0.3, 0.4) is 0 Å². The molecule has 0 heterocycles. The van der Waals surface area contributed by atoms with Gasteiger partial charge in [-0.1, -0.05) is 0 Å². The number of hydrogen-bond donors (Lipinski definition) is 0. The Hall–Kier alpha value is 1.27. The molecule has 0 rings (SSSR count). The van der Waals surface area contributed by atoms with Gasteiger partial charge in [-0.05, 0) is 0 Å². The van der Waals surface area contributed by atoms with Crippen molar-refractivity contribution in [2.75, 3.05) is 0 Å². The van der Waals surface area contributed by atoms with Gasteiger partial charge in [0.05, 0.1) is 0 Å². The molecule has 0 unspecified atom stereocenters. The molecule has 0 N–H and O–H groups in total. The van der Waals surface area contributed by atoms with Crippen molar-refractivity contribution in [2.45, 2.75) is 19.1 Å². The third kappa shape index (κ3) is 5.27. The fraction of sp³-hybridized carbons (Fsp3) is 1.00. The first-order chi connectivity index (χ1) is 2.27. The first-order valence-electron chi connectivity index (χ1n) is 1.63. The maximum absolute atomic E-state index is 2.23. The van der Waals surface area contributed by atoms with Gasteiger partial charge >= 0.3 is 51.7 Å². The fourth-order valence-electron chi connectivity index (χ4n) is 0. The van der Waals surface area contributed by atoms with E-state index in [9.17, 15) is 0 Å². The second-order valence-electron chi connectivity index (χ2n) is 1.18. The summed E-state index contributed by atoms with van der Waals surface area (Å²) in [5.74, 6) is 0. The molecule has 5 heavy (non-hydrogen) atoms. The van der Waals surface area contributed by atoms with Gasteiger partial charge in [-0.3, -0.25) is 0 Å². The van der Waals surface area contributed by atoms with Gasteiger partial charge in [0.1, 0.15) is 0 Å². The van der Waals surface area contributed by atoms with Crippen LogP contribution < -0.4 is 0 Å². The summed E-state index contributed by atoms with van der Waals surface area (Å²) in [4.78, 5) is 0. The monoisotopic (exact) mass is 280 g/mol. The first kappa shape index (κ1) is 6.27. The van der Waals surface area contributed by atoms with E-state index in [0.717, 1.165) is 29.5 Å². The average Bonchev–Trinajstić information content (AvgIpc) is 1.38. The molecule has 0 aliphatic heterocycles. The molecule has 28 valence electrons. The molecule has 0 bridgehead atoms. The summed E-state index contributed by atoms with van der Waals surface area (Å²) in [7, 11) is 2.05. The molecule has 0 radical (unpaired) electrons. The summed E-state index contributed by atoms with van der Waals surface area (Å²) >= 11 is 1.12. The molecule has 0 aliphatic carbocycles. The van der Waals surface area contributed by atoms with Crippen LogP contribution >= 0.6 is 8.31 Å². The second kappa shape index (κ2) is 3.46. The average molecular weight is 280 g/mol. The standard InChI is InChI=1S/C3H8S.Tl/c1-3(2)4;/h3-4H,1-2H3;/q;+1/p-1. The summed E-state index contributed by atoms with van der Waals surface area (Å²) in [6, 6.07) is 0.